The van der Waals surface area contributed by atoms with Crippen molar-refractivity contribution in [2.24, 2.45) is 0 Å². The summed E-state index contributed by atoms with van der Waals surface area (Å²) in [6, 6.07) is -0.0609. The first-order chi connectivity index (χ1) is 11.0. The summed E-state index contributed by atoms with van der Waals surface area (Å²) in [5, 5.41) is 12.0. The van der Waals surface area contributed by atoms with E-state index in [1.807, 2.05) is 18.7 Å². The molecule has 0 spiro atoms. The maximum absolute atomic E-state index is 13.8. The Bertz CT molecular complexity index is 655. The van der Waals surface area contributed by atoms with Gasteiger partial charge in [-0.2, -0.15) is 0 Å². The Kier molecular flexibility index (Phi) is 4.67. The third-order valence-corrected chi connectivity index (χ3v) is 4.61. The van der Waals surface area contributed by atoms with Gasteiger partial charge in [0, 0.05) is 36.6 Å². The number of carbonyl (C=O) groups is 1. The number of aromatic nitrogens is 3. The van der Waals surface area contributed by atoms with Crippen molar-refractivity contribution in [2.45, 2.75) is 39.0 Å². The van der Waals surface area contributed by atoms with Crippen LogP contribution in [0, 0.1) is 13.8 Å². The van der Waals surface area contributed by atoms with Crippen molar-refractivity contribution in [3.8, 4) is 0 Å². The summed E-state index contributed by atoms with van der Waals surface area (Å²) < 4.78 is 22.7. The second-order valence-corrected chi connectivity index (χ2v) is 6.33. The Balaban J connectivity index is 1.62. The van der Waals surface area contributed by atoms with Gasteiger partial charge in [0.15, 0.2) is 5.69 Å². The number of nitrogens with one attached hydrogen (secondary N) is 1. The number of halogens is 1. The lowest BCUT2D eigenvalue weighted by molar-refractivity contribution is 0.0934. The van der Waals surface area contributed by atoms with Gasteiger partial charge in [-0.25, -0.2) is 4.39 Å². The Morgan fingerprint density at radius 3 is 3.04 bits per heavy atom. The molecule has 0 aliphatic carbocycles. The SMILES string of the molecule is Cc1noc(C)c1CN1C[C@@H](F)C[C@H]1CNC(=O)c1csnn1. The number of likely N-dealkylation sites (tertiary alicyclic amines) is 1. The lowest BCUT2D eigenvalue weighted by atomic mass is 10.1. The van der Waals surface area contributed by atoms with Crippen LogP contribution in [-0.4, -0.2) is 50.9 Å². The van der Waals surface area contributed by atoms with E-state index in [1.54, 1.807) is 5.38 Å². The van der Waals surface area contributed by atoms with Crippen LogP contribution in [0.1, 0.15) is 33.9 Å². The fourth-order valence-electron chi connectivity index (χ4n) is 2.82. The van der Waals surface area contributed by atoms with Crippen LogP contribution in [0.15, 0.2) is 9.90 Å². The lowest BCUT2D eigenvalue weighted by Gasteiger charge is -2.24. The molecule has 7 nitrogen and oxygen atoms in total. The van der Waals surface area contributed by atoms with Crippen LogP contribution in [0.3, 0.4) is 0 Å². The number of carbonyl (C=O) groups excluding carboxylic acids is 1. The molecule has 0 aromatic carbocycles. The second kappa shape index (κ2) is 6.71. The van der Waals surface area contributed by atoms with E-state index in [-0.39, 0.29) is 11.9 Å². The summed E-state index contributed by atoms with van der Waals surface area (Å²) in [6.07, 6.45) is -0.489. The summed E-state index contributed by atoms with van der Waals surface area (Å²) >= 11 is 1.12. The van der Waals surface area contributed by atoms with Crippen molar-refractivity contribution in [3.63, 3.8) is 0 Å². The van der Waals surface area contributed by atoms with Crippen molar-refractivity contribution in [3.05, 3.63) is 28.1 Å². The number of amides is 1. The fourth-order valence-corrected chi connectivity index (χ4v) is 3.26. The van der Waals surface area contributed by atoms with E-state index in [2.05, 4.69) is 20.1 Å². The predicted molar refractivity (Wildman–Crippen MR) is 81.9 cm³/mol. The molecule has 2 atom stereocenters. The molecule has 0 saturated carbocycles. The van der Waals surface area contributed by atoms with E-state index < -0.39 is 6.17 Å². The molecule has 1 aliphatic heterocycles. The Morgan fingerprint density at radius 1 is 1.57 bits per heavy atom. The molecule has 0 bridgehead atoms. The first-order valence-corrected chi connectivity index (χ1v) is 8.23. The summed E-state index contributed by atoms with van der Waals surface area (Å²) in [5.41, 5.74) is 2.10. The van der Waals surface area contributed by atoms with E-state index in [0.717, 1.165) is 28.6 Å². The molecule has 3 rings (SSSR count). The lowest BCUT2D eigenvalue weighted by Crippen LogP contribution is -2.40. The van der Waals surface area contributed by atoms with E-state index in [4.69, 9.17) is 4.52 Å². The molecule has 2 aromatic heterocycles. The first-order valence-electron chi connectivity index (χ1n) is 7.39. The molecular formula is C14H18FN5O2S. The second-order valence-electron chi connectivity index (χ2n) is 5.72. The molecule has 1 fully saturated rings. The molecule has 0 unspecified atom stereocenters. The number of hydrogen-bond acceptors (Lipinski definition) is 7. The zero-order valence-electron chi connectivity index (χ0n) is 13.0. The molecule has 23 heavy (non-hydrogen) atoms. The van der Waals surface area contributed by atoms with Gasteiger partial charge in [0.25, 0.3) is 5.91 Å². The van der Waals surface area contributed by atoms with Gasteiger partial charge in [0.1, 0.15) is 11.9 Å². The Hall–Kier alpha value is -1.87. The Labute approximate surface area is 137 Å². The molecule has 3 heterocycles. The minimum atomic E-state index is -0.890. The van der Waals surface area contributed by atoms with Gasteiger partial charge in [-0.15, -0.1) is 5.10 Å². The van der Waals surface area contributed by atoms with Gasteiger partial charge in [-0.3, -0.25) is 9.69 Å². The van der Waals surface area contributed by atoms with Crippen molar-refractivity contribution >= 4 is 17.4 Å². The van der Waals surface area contributed by atoms with Gasteiger partial charge in [0.2, 0.25) is 0 Å². The number of aryl methyl sites for hydroxylation is 2. The smallest absolute Gasteiger partial charge is 0.272 e. The van der Waals surface area contributed by atoms with Crippen molar-refractivity contribution in [1.82, 2.24) is 25.0 Å². The molecule has 9 heteroatoms. The summed E-state index contributed by atoms with van der Waals surface area (Å²) in [6.45, 7) is 5.02. The van der Waals surface area contributed by atoms with Crippen LogP contribution in [0.25, 0.3) is 0 Å². The van der Waals surface area contributed by atoms with Crippen LogP contribution in [-0.2, 0) is 6.54 Å². The van der Waals surface area contributed by atoms with E-state index >= 15 is 0 Å². The maximum Gasteiger partial charge on any atom is 0.272 e. The summed E-state index contributed by atoms with van der Waals surface area (Å²) in [7, 11) is 0. The fraction of sp³-hybridized carbons (Fsp3) is 0.571. The monoisotopic (exact) mass is 339 g/mol. The third kappa shape index (κ3) is 3.56. The number of hydrogen-bond donors (Lipinski definition) is 1. The van der Waals surface area contributed by atoms with Crippen LogP contribution < -0.4 is 5.32 Å². The largest absolute Gasteiger partial charge is 0.361 e. The molecule has 124 valence electrons. The minimum absolute atomic E-state index is 0.0609. The topological polar surface area (TPSA) is 84.2 Å². The van der Waals surface area contributed by atoms with Crippen LogP contribution >= 0.6 is 11.5 Å². The Morgan fingerprint density at radius 2 is 2.39 bits per heavy atom. The number of alkyl halides is 1. The highest BCUT2D eigenvalue weighted by Crippen LogP contribution is 2.24. The van der Waals surface area contributed by atoms with Crippen LogP contribution in [0.2, 0.25) is 0 Å². The van der Waals surface area contributed by atoms with Crippen LogP contribution in [0.4, 0.5) is 4.39 Å². The molecule has 0 radical (unpaired) electrons. The predicted octanol–water partition coefficient (Wildman–Crippen LogP) is 1.49. The summed E-state index contributed by atoms with van der Waals surface area (Å²) in [4.78, 5) is 14.0. The van der Waals surface area contributed by atoms with Gasteiger partial charge in [0.05, 0.1) is 5.69 Å². The quantitative estimate of drug-likeness (QED) is 0.888. The van der Waals surface area contributed by atoms with Crippen molar-refractivity contribution in [1.29, 1.82) is 0 Å². The highest BCUT2D eigenvalue weighted by Gasteiger charge is 2.33. The number of rotatable bonds is 5. The molecular weight excluding hydrogens is 321 g/mol. The molecule has 1 N–H and O–H groups in total. The van der Waals surface area contributed by atoms with Gasteiger partial charge < -0.3 is 9.84 Å². The maximum atomic E-state index is 13.8. The highest BCUT2D eigenvalue weighted by molar-refractivity contribution is 7.03. The van der Waals surface area contributed by atoms with E-state index in [0.29, 0.717) is 31.7 Å². The normalized spacial score (nSPS) is 21.7. The van der Waals surface area contributed by atoms with Gasteiger partial charge in [-0.05, 0) is 31.8 Å². The van der Waals surface area contributed by atoms with Crippen molar-refractivity contribution < 1.29 is 13.7 Å². The average Bonchev–Trinajstić information content (AvgIpc) is 3.23. The zero-order valence-corrected chi connectivity index (χ0v) is 13.8. The standard InChI is InChI=1S/C14H18FN5O2S/c1-8-12(9(2)22-18-8)6-20-5-10(15)3-11(20)4-16-14(21)13-7-23-19-17-13/h7,10-11H,3-6H2,1-2H3,(H,16,21)/t10-,11-/m0/s1. The highest BCUT2D eigenvalue weighted by atomic mass is 32.1. The third-order valence-electron chi connectivity index (χ3n) is 4.11. The molecule has 1 saturated heterocycles. The zero-order chi connectivity index (χ0) is 16.4. The van der Waals surface area contributed by atoms with E-state index in [9.17, 15) is 9.18 Å². The summed E-state index contributed by atoms with van der Waals surface area (Å²) in [5.74, 6) is 0.472. The van der Waals surface area contributed by atoms with E-state index in [1.165, 1.54) is 0 Å². The van der Waals surface area contributed by atoms with Gasteiger partial charge >= 0.3 is 0 Å². The van der Waals surface area contributed by atoms with Crippen LogP contribution in [0.5, 0.6) is 0 Å². The average molecular weight is 339 g/mol. The minimum Gasteiger partial charge on any atom is -0.361 e. The number of nitrogens with zero attached hydrogens (tertiary/aromatic N) is 4. The molecule has 1 aliphatic rings. The molecule has 2 aromatic rings. The van der Waals surface area contributed by atoms with Crippen molar-refractivity contribution in [2.75, 3.05) is 13.1 Å². The van der Waals surface area contributed by atoms with Gasteiger partial charge in [-0.1, -0.05) is 9.64 Å². The first kappa shape index (κ1) is 16.0. The molecule has 1 amide bonds.